The molecule has 0 fully saturated rings. The summed E-state index contributed by atoms with van der Waals surface area (Å²) in [5, 5.41) is 11.6. The first kappa shape index (κ1) is 18.8. The van der Waals surface area contributed by atoms with Gasteiger partial charge in [-0.2, -0.15) is 5.26 Å². The zero-order chi connectivity index (χ0) is 18.9. The highest BCUT2D eigenvalue weighted by Gasteiger charge is 2.19. The number of carbonyl (C=O) groups is 2. The molecule has 0 saturated heterocycles. The fourth-order valence-corrected chi connectivity index (χ4v) is 2.08. The first-order valence-electron chi connectivity index (χ1n) is 7.80. The summed E-state index contributed by atoms with van der Waals surface area (Å²) in [5.74, 6) is -0.364. The number of carbonyl (C=O) groups excluding carboxylic acids is 2. The molecule has 0 aliphatic carbocycles. The van der Waals surface area contributed by atoms with E-state index in [2.05, 4.69) is 5.32 Å². The maximum absolute atomic E-state index is 12.1. The largest absolute Gasteiger partial charge is 0.493 e. The van der Waals surface area contributed by atoms with Crippen LogP contribution in [0.4, 0.5) is 5.69 Å². The van der Waals surface area contributed by atoms with Gasteiger partial charge in [0.2, 0.25) is 0 Å². The summed E-state index contributed by atoms with van der Waals surface area (Å²) >= 11 is 0. The van der Waals surface area contributed by atoms with E-state index in [-0.39, 0.29) is 6.61 Å². The van der Waals surface area contributed by atoms with Crippen LogP contribution in [0, 0.1) is 11.3 Å². The minimum atomic E-state index is -1.05. The molecule has 0 aliphatic rings. The van der Waals surface area contributed by atoms with Crippen molar-refractivity contribution in [2.24, 2.45) is 0 Å². The number of ether oxygens (including phenoxy) is 3. The standard InChI is InChI=1S/C19H18N2O5/c1-13(19(23)21-15-8-4-3-7-14(15)11-20)26-18(22)12-25-17-10-6-5-9-16(17)24-2/h3-10,13H,12H2,1-2H3,(H,21,23)/t13-/m1/s1. The number of amides is 1. The monoisotopic (exact) mass is 354 g/mol. The summed E-state index contributed by atoms with van der Waals surface area (Å²) in [4.78, 5) is 24.0. The van der Waals surface area contributed by atoms with Crippen LogP contribution < -0.4 is 14.8 Å². The van der Waals surface area contributed by atoms with Crippen molar-refractivity contribution in [3.63, 3.8) is 0 Å². The average Bonchev–Trinajstić information content (AvgIpc) is 2.66. The third kappa shape index (κ3) is 4.98. The number of hydrogen-bond acceptors (Lipinski definition) is 6. The second-order valence-electron chi connectivity index (χ2n) is 5.22. The molecule has 1 atom stereocenters. The van der Waals surface area contributed by atoms with E-state index in [1.54, 1.807) is 48.5 Å². The van der Waals surface area contributed by atoms with Crippen LogP contribution in [0.1, 0.15) is 12.5 Å². The Labute approximate surface area is 151 Å². The average molecular weight is 354 g/mol. The summed E-state index contributed by atoms with van der Waals surface area (Å²) in [6, 6.07) is 15.4. The van der Waals surface area contributed by atoms with Crippen molar-refractivity contribution in [1.82, 2.24) is 0 Å². The Balaban J connectivity index is 1.88. The number of rotatable bonds is 7. The summed E-state index contributed by atoms with van der Waals surface area (Å²) in [6.07, 6.45) is -1.05. The lowest BCUT2D eigenvalue weighted by atomic mass is 10.2. The number of nitriles is 1. The molecule has 0 aliphatic heterocycles. The third-order valence-electron chi connectivity index (χ3n) is 3.40. The van der Waals surface area contributed by atoms with Gasteiger partial charge in [0.15, 0.2) is 24.2 Å². The SMILES string of the molecule is COc1ccccc1OCC(=O)O[C@H](C)C(=O)Nc1ccccc1C#N. The number of benzene rings is 2. The number of nitrogens with one attached hydrogen (secondary N) is 1. The number of nitrogens with zero attached hydrogens (tertiary/aromatic N) is 1. The van der Waals surface area contributed by atoms with Gasteiger partial charge in [0.25, 0.3) is 5.91 Å². The molecule has 0 spiro atoms. The van der Waals surface area contributed by atoms with Crippen molar-refractivity contribution < 1.29 is 23.8 Å². The lowest BCUT2D eigenvalue weighted by Gasteiger charge is -2.15. The Bertz CT molecular complexity index is 829. The molecule has 7 nitrogen and oxygen atoms in total. The molecule has 0 bridgehead atoms. The van der Waals surface area contributed by atoms with Crippen LogP contribution in [-0.2, 0) is 14.3 Å². The van der Waals surface area contributed by atoms with E-state index in [4.69, 9.17) is 19.5 Å². The number of methoxy groups -OCH3 is 1. The minimum Gasteiger partial charge on any atom is -0.493 e. The zero-order valence-corrected chi connectivity index (χ0v) is 14.4. The summed E-state index contributed by atoms with van der Waals surface area (Å²) in [6.45, 7) is 1.07. The quantitative estimate of drug-likeness (QED) is 0.767. The normalized spacial score (nSPS) is 11.0. The number of esters is 1. The molecule has 1 N–H and O–H groups in total. The molecule has 0 aromatic heterocycles. The van der Waals surface area contributed by atoms with E-state index >= 15 is 0 Å². The molecule has 2 rings (SSSR count). The molecule has 0 unspecified atom stereocenters. The van der Waals surface area contributed by atoms with Gasteiger partial charge >= 0.3 is 5.97 Å². The predicted molar refractivity (Wildman–Crippen MR) is 93.8 cm³/mol. The zero-order valence-electron chi connectivity index (χ0n) is 14.4. The Hall–Kier alpha value is -3.53. The van der Waals surface area contributed by atoms with Crippen molar-refractivity contribution >= 4 is 17.6 Å². The van der Waals surface area contributed by atoms with Gasteiger partial charge in [-0.1, -0.05) is 24.3 Å². The molecule has 0 saturated carbocycles. The van der Waals surface area contributed by atoms with E-state index < -0.39 is 18.0 Å². The van der Waals surface area contributed by atoms with Crippen LogP contribution in [0.5, 0.6) is 11.5 Å². The van der Waals surface area contributed by atoms with Crippen LogP contribution in [-0.4, -0.2) is 31.7 Å². The molecular weight excluding hydrogens is 336 g/mol. The highest BCUT2D eigenvalue weighted by Crippen LogP contribution is 2.25. The van der Waals surface area contributed by atoms with Gasteiger partial charge in [-0.3, -0.25) is 4.79 Å². The fraction of sp³-hybridized carbons (Fsp3) is 0.211. The van der Waals surface area contributed by atoms with Gasteiger partial charge in [0, 0.05) is 0 Å². The lowest BCUT2D eigenvalue weighted by molar-refractivity contribution is -0.155. The lowest BCUT2D eigenvalue weighted by Crippen LogP contribution is -2.31. The Kier molecular flexibility index (Phi) is 6.57. The maximum atomic E-state index is 12.1. The Morgan fingerprint density at radius 1 is 1.12 bits per heavy atom. The fourth-order valence-electron chi connectivity index (χ4n) is 2.08. The van der Waals surface area contributed by atoms with E-state index in [0.29, 0.717) is 22.7 Å². The van der Waals surface area contributed by atoms with Gasteiger partial charge in [0.05, 0.1) is 18.4 Å². The van der Waals surface area contributed by atoms with Crippen molar-refractivity contribution in [2.75, 3.05) is 19.0 Å². The van der Waals surface area contributed by atoms with Crippen LogP contribution in [0.15, 0.2) is 48.5 Å². The molecule has 0 heterocycles. The van der Waals surface area contributed by atoms with Gasteiger partial charge in [-0.25, -0.2) is 4.79 Å². The van der Waals surface area contributed by atoms with Crippen molar-refractivity contribution in [1.29, 1.82) is 5.26 Å². The molecule has 2 aromatic carbocycles. The Morgan fingerprint density at radius 3 is 2.46 bits per heavy atom. The van der Waals surface area contributed by atoms with Crippen molar-refractivity contribution in [2.45, 2.75) is 13.0 Å². The third-order valence-corrected chi connectivity index (χ3v) is 3.40. The van der Waals surface area contributed by atoms with E-state index in [1.165, 1.54) is 14.0 Å². The summed E-state index contributed by atoms with van der Waals surface area (Å²) in [5.41, 5.74) is 0.673. The number of hydrogen-bond donors (Lipinski definition) is 1. The Morgan fingerprint density at radius 2 is 1.77 bits per heavy atom. The smallest absolute Gasteiger partial charge is 0.344 e. The van der Waals surface area contributed by atoms with Gasteiger partial charge in [0.1, 0.15) is 6.07 Å². The molecule has 134 valence electrons. The molecule has 1 amide bonds. The van der Waals surface area contributed by atoms with Crippen molar-refractivity contribution in [3.8, 4) is 17.6 Å². The topological polar surface area (TPSA) is 97.7 Å². The van der Waals surface area contributed by atoms with Crippen molar-refractivity contribution in [3.05, 3.63) is 54.1 Å². The predicted octanol–water partition coefficient (Wildman–Crippen LogP) is 2.52. The number of para-hydroxylation sites is 3. The highest BCUT2D eigenvalue weighted by atomic mass is 16.6. The molecule has 2 aromatic rings. The van der Waals surface area contributed by atoms with Crippen LogP contribution in [0.2, 0.25) is 0 Å². The second kappa shape index (κ2) is 9.08. The second-order valence-corrected chi connectivity index (χ2v) is 5.22. The van der Waals surface area contributed by atoms with Crippen LogP contribution in [0.3, 0.4) is 0 Å². The molecule has 26 heavy (non-hydrogen) atoms. The minimum absolute atomic E-state index is 0.318. The van der Waals surface area contributed by atoms with E-state index in [1.807, 2.05) is 6.07 Å². The molecule has 7 heteroatoms. The van der Waals surface area contributed by atoms with Gasteiger partial charge in [-0.05, 0) is 31.2 Å². The van der Waals surface area contributed by atoms with Crippen LogP contribution in [0.25, 0.3) is 0 Å². The summed E-state index contributed by atoms with van der Waals surface area (Å²) < 4.78 is 15.5. The van der Waals surface area contributed by atoms with Crippen LogP contribution >= 0.6 is 0 Å². The first-order valence-corrected chi connectivity index (χ1v) is 7.80. The van der Waals surface area contributed by atoms with Gasteiger partial charge < -0.3 is 19.5 Å². The highest BCUT2D eigenvalue weighted by molar-refractivity contribution is 5.96. The van der Waals surface area contributed by atoms with E-state index in [9.17, 15) is 9.59 Å². The maximum Gasteiger partial charge on any atom is 0.344 e. The number of anilines is 1. The summed E-state index contributed by atoms with van der Waals surface area (Å²) in [7, 11) is 1.49. The molecular formula is C19H18N2O5. The van der Waals surface area contributed by atoms with Gasteiger partial charge in [-0.15, -0.1) is 0 Å². The molecule has 0 radical (unpaired) electrons. The van der Waals surface area contributed by atoms with E-state index in [0.717, 1.165) is 0 Å². The first-order chi connectivity index (χ1) is 12.5.